The summed E-state index contributed by atoms with van der Waals surface area (Å²) in [7, 11) is 0. The number of nitrogens with zero attached hydrogens (tertiary/aromatic N) is 1. The third kappa shape index (κ3) is 4.45. The average molecular weight is 434 g/mol. The lowest BCUT2D eigenvalue weighted by molar-refractivity contribution is -0.143. The molecule has 0 fully saturated rings. The van der Waals surface area contributed by atoms with Crippen molar-refractivity contribution in [2.45, 2.75) is 65.8 Å². The highest BCUT2D eigenvalue weighted by atomic mass is 79.9. The minimum absolute atomic E-state index is 0.00263. The Kier molecular flexibility index (Phi) is 6.09. The van der Waals surface area contributed by atoms with Gasteiger partial charge < -0.3 is 9.30 Å². The van der Waals surface area contributed by atoms with Crippen molar-refractivity contribution >= 4 is 38.6 Å². The van der Waals surface area contributed by atoms with Crippen molar-refractivity contribution in [3.8, 4) is 0 Å². The number of ether oxygens (including phenoxy) is 1. The number of ketones is 1. The van der Waals surface area contributed by atoms with Gasteiger partial charge in [-0.3, -0.25) is 9.59 Å². The average Bonchev–Trinajstić information content (AvgIpc) is 2.86. The van der Waals surface area contributed by atoms with Crippen LogP contribution in [0.1, 0.15) is 68.9 Å². The van der Waals surface area contributed by atoms with Crippen LogP contribution >= 0.6 is 15.9 Å². The summed E-state index contributed by atoms with van der Waals surface area (Å²) in [4.78, 5) is 24.3. The first-order valence-electron chi connectivity index (χ1n) is 9.82. The Morgan fingerprint density at radius 2 is 2.00 bits per heavy atom. The second-order valence-electron chi connectivity index (χ2n) is 8.19. The number of benzene rings is 1. The molecular formula is C22H28BrNO3. The summed E-state index contributed by atoms with van der Waals surface area (Å²) >= 11 is 3.55. The molecule has 0 N–H and O–H groups in total. The largest absolute Gasteiger partial charge is 0.466 e. The van der Waals surface area contributed by atoms with Crippen LogP contribution in [0, 0.1) is 5.41 Å². The van der Waals surface area contributed by atoms with Gasteiger partial charge in [-0.1, -0.05) is 36.2 Å². The second-order valence-corrected chi connectivity index (χ2v) is 9.11. The second kappa shape index (κ2) is 8.17. The molecule has 1 heterocycles. The van der Waals surface area contributed by atoms with E-state index in [9.17, 15) is 9.59 Å². The van der Waals surface area contributed by atoms with Crippen molar-refractivity contribution < 1.29 is 14.3 Å². The molecule has 0 aliphatic heterocycles. The number of carbonyl (C=O) groups excluding carboxylic acids is 2. The fourth-order valence-electron chi connectivity index (χ4n) is 4.12. The van der Waals surface area contributed by atoms with Gasteiger partial charge in [-0.25, -0.2) is 0 Å². The highest BCUT2D eigenvalue weighted by Gasteiger charge is 2.35. The molecule has 5 heteroatoms. The van der Waals surface area contributed by atoms with Gasteiger partial charge in [0.2, 0.25) is 0 Å². The smallest absolute Gasteiger partial charge is 0.305 e. The zero-order valence-electron chi connectivity index (χ0n) is 16.4. The Labute approximate surface area is 169 Å². The Morgan fingerprint density at radius 3 is 2.74 bits per heavy atom. The fourth-order valence-corrected chi connectivity index (χ4v) is 4.48. The molecule has 3 rings (SSSR count). The van der Waals surface area contributed by atoms with Crippen LogP contribution in [0.25, 0.3) is 10.9 Å². The van der Waals surface area contributed by atoms with Gasteiger partial charge in [-0.05, 0) is 49.8 Å². The number of esters is 1. The number of fused-ring (bicyclic) bond motifs is 3. The van der Waals surface area contributed by atoms with Crippen LogP contribution in [0.2, 0.25) is 0 Å². The Hall–Kier alpha value is -1.62. The van der Waals surface area contributed by atoms with Crippen LogP contribution < -0.4 is 0 Å². The number of halogens is 1. The van der Waals surface area contributed by atoms with Gasteiger partial charge in [0, 0.05) is 46.0 Å². The van der Waals surface area contributed by atoms with Crippen molar-refractivity contribution in [2.75, 3.05) is 6.61 Å². The number of rotatable bonds is 7. The normalized spacial score (nSPS) is 15.8. The van der Waals surface area contributed by atoms with E-state index in [2.05, 4.69) is 46.5 Å². The number of Topliss-reactive ketones (excluding diaryl/α,β-unsaturated/α-hetero) is 1. The van der Waals surface area contributed by atoms with Crippen molar-refractivity contribution in [3.05, 3.63) is 33.9 Å². The number of unbranched alkanes of at least 4 members (excludes halogenated alkanes) is 2. The van der Waals surface area contributed by atoms with E-state index in [1.807, 2.05) is 13.0 Å². The maximum absolute atomic E-state index is 12.9. The summed E-state index contributed by atoms with van der Waals surface area (Å²) < 4.78 is 8.32. The zero-order valence-corrected chi connectivity index (χ0v) is 18.0. The van der Waals surface area contributed by atoms with E-state index in [1.54, 1.807) is 0 Å². The predicted molar refractivity (Wildman–Crippen MR) is 111 cm³/mol. The highest BCUT2D eigenvalue weighted by Crippen LogP contribution is 2.40. The van der Waals surface area contributed by atoms with Gasteiger partial charge in [0.25, 0.3) is 0 Å². The lowest BCUT2D eigenvalue weighted by atomic mass is 9.75. The van der Waals surface area contributed by atoms with E-state index in [0.29, 0.717) is 19.4 Å². The van der Waals surface area contributed by atoms with Gasteiger partial charge in [-0.2, -0.15) is 0 Å². The van der Waals surface area contributed by atoms with Crippen LogP contribution in [0.3, 0.4) is 0 Å². The topological polar surface area (TPSA) is 48.3 Å². The van der Waals surface area contributed by atoms with Crippen molar-refractivity contribution in [2.24, 2.45) is 5.41 Å². The third-order valence-corrected chi connectivity index (χ3v) is 5.76. The van der Waals surface area contributed by atoms with Gasteiger partial charge in [-0.15, -0.1) is 0 Å². The van der Waals surface area contributed by atoms with Crippen LogP contribution in [0.4, 0.5) is 0 Å². The van der Waals surface area contributed by atoms with Gasteiger partial charge in [0.15, 0.2) is 5.78 Å². The first-order chi connectivity index (χ1) is 12.8. The zero-order chi connectivity index (χ0) is 19.6. The molecule has 0 saturated carbocycles. The van der Waals surface area contributed by atoms with E-state index < -0.39 is 0 Å². The molecule has 1 aliphatic carbocycles. The summed E-state index contributed by atoms with van der Waals surface area (Å²) in [5, 5.41) is 1.06. The molecule has 1 aromatic heterocycles. The molecule has 0 bridgehead atoms. The Balaban J connectivity index is 1.81. The maximum atomic E-state index is 12.9. The van der Waals surface area contributed by atoms with Crippen LogP contribution in [-0.4, -0.2) is 22.9 Å². The molecule has 1 aromatic carbocycles. The Bertz CT molecular complexity index is 866. The van der Waals surface area contributed by atoms with Crippen molar-refractivity contribution in [3.63, 3.8) is 0 Å². The van der Waals surface area contributed by atoms with Crippen LogP contribution in [0.15, 0.2) is 22.7 Å². The summed E-state index contributed by atoms with van der Waals surface area (Å²) in [6.45, 7) is 7.49. The molecule has 0 radical (unpaired) electrons. The monoisotopic (exact) mass is 433 g/mol. The molecule has 0 unspecified atom stereocenters. The number of carbonyl (C=O) groups is 2. The van der Waals surface area contributed by atoms with Crippen molar-refractivity contribution in [1.82, 2.24) is 4.57 Å². The number of aryl methyl sites for hydroxylation is 1. The lowest BCUT2D eigenvalue weighted by Crippen LogP contribution is -2.28. The van der Waals surface area contributed by atoms with Gasteiger partial charge in [0.1, 0.15) is 0 Å². The fraction of sp³-hybridized carbons (Fsp3) is 0.545. The molecule has 27 heavy (non-hydrogen) atoms. The first kappa shape index (κ1) is 20.1. The molecule has 146 valence electrons. The number of hydrogen-bond donors (Lipinski definition) is 0. The van der Waals surface area contributed by atoms with Crippen LogP contribution in [-0.2, 0) is 22.5 Å². The molecular weight excluding hydrogens is 406 g/mol. The summed E-state index contributed by atoms with van der Waals surface area (Å²) in [6.07, 6.45) is 4.81. The molecule has 1 aliphatic rings. The van der Waals surface area contributed by atoms with Gasteiger partial charge in [0.05, 0.1) is 6.61 Å². The van der Waals surface area contributed by atoms with E-state index in [1.165, 1.54) is 5.69 Å². The van der Waals surface area contributed by atoms with E-state index >= 15 is 0 Å². The quantitative estimate of drug-likeness (QED) is 0.416. The Morgan fingerprint density at radius 1 is 1.22 bits per heavy atom. The third-order valence-electron chi connectivity index (χ3n) is 5.27. The number of aromatic nitrogens is 1. The van der Waals surface area contributed by atoms with Crippen molar-refractivity contribution in [1.29, 1.82) is 0 Å². The molecule has 0 spiro atoms. The predicted octanol–water partition coefficient (Wildman–Crippen LogP) is 5.68. The van der Waals surface area contributed by atoms with E-state index in [0.717, 1.165) is 53.2 Å². The molecule has 4 nitrogen and oxygen atoms in total. The van der Waals surface area contributed by atoms with Gasteiger partial charge >= 0.3 is 5.97 Å². The lowest BCUT2D eigenvalue weighted by Gasteiger charge is -2.29. The molecule has 2 aromatic rings. The minimum Gasteiger partial charge on any atom is -0.466 e. The first-order valence-corrected chi connectivity index (χ1v) is 10.6. The molecule has 0 atom stereocenters. The summed E-state index contributed by atoms with van der Waals surface area (Å²) in [6, 6.07) is 6.22. The van der Waals surface area contributed by atoms with E-state index in [4.69, 9.17) is 4.74 Å². The molecule has 0 saturated heterocycles. The van der Waals surface area contributed by atoms with E-state index in [-0.39, 0.29) is 17.2 Å². The maximum Gasteiger partial charge on any atom is 0.305 e. The molecule has 0 amide bonds. The SMILES string of the molecule is CCOC(=O)CCCCCn1c2c(c3cc(Br)ccc31)C(=O)CC(C)(C)C2. The standard InChI is InChI=1S/C22H28BrNO3/c1-4-27-20(26)8-6-5-7-11-24-17-10-9-15(23)12-16(17)21-18(24)13-22(2,3)14-19(21)25/h9-10,12H,4-8,11,13-14H2,1-3H3. The minimum atomic E-state index is -0.113. The van der Waals surface area contributed by atoms with Crippen LogP contribution in [0.5, 0.6) is 0 Å². The summed E-state index contributed by atoms with van der Waals surface area (Å²) in [5.41, 5.74) is 3.23. The number of hydrogen-bond acceptors (Lipinski definition) is 3. The summed E-state index contributed by atoms with van der Waals surface area (Å²) in [5.74, 6) is 0.143. The highest BCUT2D eigenvalue weighted by molar-refractivity contribution is 9.10.